The fourth-order valence-corrected chi connectivity index (χ4v) is 3.44. The molecule has 2 aromatic carbocycles. The van der Waals surface area contributed by atoms with E-state index in [4.69, 9.17) is 16.6 Å². The van der Waals surface area contributed by atoms with E-state index in [-0.39, 0.29) is 4.90 Å². The van der Waals surface area contributed by atoms with E-state index in [1.54, 1.807) is 36.4 Å². The quantitative estimate of drug-likeness (QED) is 0.413. The molecule has 0 unspecified atom stereocenters. The molecule has 0 atom stereocenters. The smallest absolute Gasteiger partial charge is 0.319 e. The zero-order valence-electron chi connectivity index (χ0n) is 14.8. The number of fused-ring (bicyclic) bond motifs is 1. The molecule has 0 amide bonds. The van der Waals surface area contributed by atoms with Gasteiger partial charge in [-0.1, -0.05) is 49.6 Å². The number of hydrogen-bond donors (Lipinski definition) is 5. The molecule has 27 heavy (non-hydrogen) atoms. The van der Waals surface area contributed by atoms with Crippen LogP contribution in [0.5, 0.6) is 0 Å². The van der Waals surface area contributed by atoms with Crippen LogP contribution in [0.2, 0.25) is 0 Å². The highest BCUT2D eigenvalue weighted by atomic mass is 32.2. The monoisotopic (exact) mass is 392 g/mol. The van der Waals surface area contributed by atoms with E-state index in [9.17, 15) is 13.2 Å². The first kappa shape index (κ1) is 21.8. The van der Waals surface area contributed by atoms with Gasteiger partial charge in [0.15, 0.2) is 15.6 Å². The van der Waals surface area contributed by atoms with Crippen molar-refractivity contribution in [2.75, 3.05) is 18.8 Å². The summed E-state index contributed by atoms with van der Waals surface area (Å²) >= 11 is 0. The van der Waals surface area contributed by atoms with Gasteiger partial charge in [-0.05, 0) is 11.5 Å². The van der Waals surface area contributed by atoms with E-state index >= 15 is 0 Å². The second-order valence-electron chi connectivity index (χ2n) is 5.53. The van der Waals surface area contributed by atoms with Gasteiger partial charge in [0.05, 0.1) is 16.5 Å². The largest absolute Gasteiger partial charge is 0.480 e. The number of hydrogen-bond acceptors (Lipinski definition) is 7. The SMILES string of the molecule is C=C(N)NCCNC(=C)N.O=C(O)CS(=O)(=O)c1cccc2ccccc12. The number of rotatable bonds is 8. The lowest BCUT2D eigenvalue weighted by Crippen LogP contribution is -2.30. The highest BCUT2D eigenvalue weighted by Crippen LogP contribution is 2.23. The van der Waals surface area contributed by atoms with Crippen LogP contribution in [0.1, 0.15) is 0 Å². The average Bonchev–Trinajstić information content (AvgIpc) is 2.57. The van der Waals surface area contributed by atoms with Gasteiger partial charge in [0.1, 0.15) is 0 Å². The summed E-state index contributed by atoms with van der Waals surface area (Å²) in [4.78, 5) is 10.6. The topological polar surface area (TPSA) is 148 Å². The zero-order valence-corrected chi connectivity index (χ0v) is 15.6. The Bertz CT molecular complexity index is 905. The van der Waals surface area contributed by atoms with Crippen molar-refractivity contribution in [3.8, 4) is 0 Å². The second kappa shape index (κ2) is 10.1. The Morgan fingerprint density at radius 1 is 0.963 bits per heavy atom. The van der Waals surface area contributed by atoms with Crippen LogP contribution in [0.4, 0.5) is 0 Å². The van der Waals surface area contributed by atoms with Crippen LogP contribution in [0, 0.1) is 0 Å². The maximum Gasteiger partial charge on any atom is 0.319 e. The van der Waals surface area contributed by atoms with Crippen molar-refractivity contribution < 1.29 is 18.3 Å². The van der Waals surface area contributed by atoms with Gasteiger partial charge in [-0.3, -0.25) is 4.79 Å². The van der Waals surface area contributed by atoms with Crippen molar-refractivity contribution in [1.29, 1.82) is 0 Å². The first-order valence-electron chi connectivity index (χ1n) is 7.92. The predicted molar refractivity (Wildman–Crippen MR) is 106 cm³/mol. The lowest BCUT2D eigenvalue weighted by Gasteiger charge is -2.06. The van der Waals surface area contributed by atoms with Crippen LogP contribution < -0.4 is 22.1 Å². The summed E-state index contributed by atoms with van der Waals surface area (Å²) in [6.07, 6.45) is 0. The minimum absolute atomic E-state index is 0.0676. The summed E-state index contributed by atoms with van der Waals surface area (Å²) in [7, 11) is -3.79. The fraction of sp³-hybridized carbons (Fsp3) is 0.167. The van der Waals surface area contributed by atoms with Crippen molar-refractivity contribution in [2.45, 2.75) is 4.90 Å². The molecule has 0 saturated carbocycles. The van der Waals surface area contributed by atoms with E-state index in [0.29, 0.717) is 30.1 Å². The van der Waals surface area contributed by atoms with Crippen LogP contribution in [0.15, 0.2) is 72.2 Å². The van der Waals surface area contributed by atoms with Crippen LogP contribution in [0.3, 0.4) is 0 Å². The molecule has 0 radical (unpaired) electrons. The maximum absolute atomic E-state index is 11.9. The predicted octanol–water partition coefficient (Wildman–Crippen LogP) is 0.724. The maximum atomic E-state index is 11.9. The molecule has 0 fully saturated rings. The van der Waals surface area contributed by atoms with Crippen LogP contribution in [-0.4, -0.2) is 38.3 Å². The third kappa shape index (κ3) is 7.70. The molecular weight excluding hydrogens is 368 g/mol. The molecular formula is C18H24N4O4S. The van der Waals surface area contributed by atoms with Crippen molar-refractivity contribution in [2.24, 2.45) is 11.5 Å². The Labute approximate surface area is 158 Å². The van der Waals surface area contributed by atoms with Crippen LogP contribution in [-0.2, 0) is 14.6 Å². The molecule has 0 aliphatic rings. The number of carboxylic acids is 1. The highest BCUT2D eigenvalue weighted by Gasteiger charge is 2.20. The number of nitrogens with two attached hydrogens (primary N) is 2. The van der Waals surface area contributed by atoms with Gasteiger partial charge in [0, 0.05) is 18.5 Å². The summed E-state index contributed by atoms with van der Waals surface area (Å²) < 4.78 is 23.8. The first-order valence-corrected chi connectivity index (χ1v) is 9.57. The molecule has 0 aliphatic heterocycles. The summed E-state index contributed by atoms with van der Waals surface area (Å²) in [6.45, 7) is 8.31. The fourth-order valence-electron chi connectivity index (χ4n) is 2.15. The minimum Gasteiger partial charge on any atom is -0.480 e. The molecule has 2 rings (SSSR count). The van der Waals surface area contributed by atoms with E-state index in [0.717, 1.165) is 5.39 Å². The molecule has 0 aromatic heterocycles. The van der Waals surface area contributed by atoms with Gasteiger partial charge in [-0.25, -0.2) is 8.42 Å². The Hall–Kier alpha value is -3.20. The number of sulfone groups is 1. The van der Waals surface area contributed by atoms with Gasteiger partial charge < -0.3 is 27.2 Å². The van der Waals surface area contributed by atoms with Crippen molar-refractivity contribution in [3.63, 3.8) is 0 Å². The standard InChI is InChI=1S/C12H10O4S.C6H14N4/c13-12(14)8-17(15,16)11-7-3-5-9-4-1-2-6-10(9)11;1-5(7)9-3-4-10-6(2)8/h1-7H,8H2,(H,13,14);9-10H,1-4,7-8H2. The van der Waals surface area contributed by atoms with Gasteiger partial charge in [-0.2, -0.15) is 0 Å². The van der Waals surface area contributed by atoms with Crippen molar-refractivity contribution >= 4 is 26.6 Å². The molecule has 7 N–H and O–H groups in total. The minimum atomic E-state index is -3.79. The van der Waals surface area contributed by atoms with Gasteiger partial charge in [0.2, 0.25) is 0 Å². The zero-order chi connectivity index (χ0) is 20.4. The summed E-state index contributed by atoms with van der Waals surface area (Å²) in [6, 6.07) is 11.8. The average molecular weight is 392 g/mol. The molecule has 0 heterocycles. The molecule has 0 aliphatic carbocycles. The number of nitrogens with one attached hydrogen (secondary N) is 2. The third-order valence-corrected chi connectivity index (χ3v) is 4.88. The van der Waals surface area contributed by atoms with Crippen LogP contribution >= 0.6 is 0 Å². The third-order valence-electron chi connectivity index (χ3n) is 3.23. The van der Waals surface area contributed by atoms with Gasteiger partial charge in [0.25, 0.3) is 0 Å². The molecule has 0 saturated heterocycles. The van der Waals surface area contributed by atoms with E-state index < -0.39 is 21.6 Å². The Kier molecular flexibility index (Phi) is 8.15. The molecule has 8 nitrogen and oxygen atoms in total. The lowest BCUT2D eigenvalue weighted by molar-refractivity contribution is -0.134. The molecule has 0 bridgehead atoms. The highest BCUT2D eigenvalue weighted by molar-refractivity contribution is 7.92. The lowest BCUT2D eigenvalue weighted by atomic mass is 10.1. The summed E-state index contributed by atoms with van der Waals surface area (Å²) in [5.41, 5.74) is 10.4. The second-order valence-corrected chi connectivity index (χ2v) is 7.49. The Morgan fingerprint density at radius 2 is 1.48 bits per heavy atom. The van der Waals surface area contributed by atoms with E-state index in [2.05, 4.69) is 23.8 Å². The summed E-state index contributed by atoms with van der Waals surface area (Å²) in [5.74, 6) is -1.31. The Morgan fingerprint density at radius 3 is 2.00 bits per heavy atom. The Balaban J connectivity index is 0.000000314. The molecule has 2 aromatic rings. The number of carboxylic acid groups (broad SMARTS) is 1. The van der Waals surface area contributed by atoms with Crippen molar-refractivity contribution in [3.05, 3.63) is 67.3 Å². The number of carbonyl (C=O) groups is 1. The van der Waals surface area contributed by atoms with E-state index in [1.165, 1.54) is 6.07 Å². The van der Waals surface area contributed by atoms with Crippen LogP contribution in [0.25, 0.3) is 10.8 Å². The van der Waals surface area contributed by atoms with Crippen molar-refractivity contribution in [1.82, 2.24) is 10.6 Å². The molecule has 0 spiro atoms. The number of aliphatic carboxylic acids is 1. The molecule has 146 valence electrons. The van der Waals surface area contributed by atoms with Gasteiger partial charge in [-0.15, -0.1) is 0 Å². The number of benzene rings is 2. The van der Waals surface area contributed by atoms with E-state index in [1.807, 2.05) is 0 Å². The van der Waals surface area contributed by atoms with Gasteiger partial charge >= 0.3 is 5.97 Å². The normalized spacial score (nSPS) is 10.4. The molecule has 9 heteroatoms. The first-order chi connectivity index (χ1) is 12.6. The summed E-state index contributed by atoms with van der Waals surface area (Å²) in [5, 5.41) is 15.6.